The number of amides is 1. The first-order chi connectivity index (χ1) is 5.68. The first-order valence-corrected chi connectivity index (χ1v) is 3.71. The summed E-state index contributed by atoms with van der Waals surface area (Å²) in [5, 5.41) is 11.2. The predicted octanol–water partition coefficient (Wildman–Crippen LogP) is 0.979. The molecule has 1 aliphatic heterocycles. The van der Waals surface area contributed by atoms with Gasteiger partial charge in [0.2, 0.25) is 5.91 Å². The standard InChI is InChI=1S/C7H8O.C2H3NO.H3N/c1-6-2-4-7(8)5-3-6;4-2-1-3-2;/h2-5,8H,1H3;1H2,(H,3,4);1H3. The second-order valence-electron chi connectivity index (χ2n) is 2.61. The van der Waals surface area contributed by atoms with E-state index >= 15 is 0 Å². The van der Waals surface area contributed by atoms with Crippen LogP contribution in [0.2, 0.25) is 0 Å². The van der Waals surface area contributed by atoms with Crippen LogP contribution in [0.1, 0.15) is 5.56 Å². The molecule has 1 fully saturated rings. The fourth-order valence-corrected chi connectivity index (χ4v) is 0.581. The van der Waals surface area contributed by atoms with E-state index in [1.165, 1.54) is 5.56 Å². The third-order valence-electron chi connectivity index (χ3n) is 1.36. The van der Waals surface area contributed by atoms with Gasteiger partial charge in [-0.05, 0) is 19.1 Å². The normalized spacial score (nSPS) is 11.6. The van der Waals surface area contributed by atoms with Gasteiger partial charge in [-0.1, -0.05) is 17.7 Å². The molecule has 1 amide bonds. The molecule has 2 rings (SSSR count). The lowest BCUT2D eigenvalue weighted by Gasteiger charge is -1.89. The van der Waals surface area contributed by atoms with Crippen LogP contribution < -0.4 is 11.5 Å². The summed E-state index contributed by atoms with van der Waals surface area (Å²) in [5.74, 6) is 0.496. The quantitative estimate of drug-likeness (QED) is 0.522. The van der Waals surface area contributed by atoms with Gasteiger partial charge in [-0.15, -0.1) is 0 Å². The van der Waals surface area contributed by atoms with E-state index < -0.39 is 0 Å². The van der Waals surface area contributed by atoms with Crippen molar-refractivity contribution in [2.75, 3.05) is 6.54 Å². The van der Waals surface area contributed by atoms with E-state index in [-0.39, 0.29) is 12.1 Å². The zero-order chi connectivity index (χ0) is 8.97. The van der Waals surface area contributed by atoms with Gasteiger partial charge >= 0.3 is 0 Å². The van der Waals surface area contributed by atoms with Crippen molar-refractivity contribution in [1.82, 2.24) is 11.5 Å². The van der Waals surface area contributed by atoms with Gasteiger partial charge in [0.1, 0.15) is 5.75 Å². The van der Waals surface area contributed by atoms with Gasteiger partial charge < -0.3 is 16.6 Å². The Kier molecular flexibility index (Phi) is 4.54. The summed E-state index contributed by atoms with van der Waals surface area (Å²) >= 11 is 0. The van der Waals surface area contributed by atoms with E-state index in [0.29, 0.717) is 12.3 Å². The summed E-state index contributed by atoms with van der Waals surface area (Å²) < 4.78 is 0. The SMILES string of the molecule is Cc1ccc(O)cc1.N.O=C1CN1. The molecule has 1 aliphatic rings. The minimum atomic E-state index is 0. The van der Waals surface area contributed by atoms with Crippen molar-refractivity contribution in [2.45, 2.75) is 6.92 Å². The second kappa shape index (κ2) is 5.16. The van der Waals surface area contributed by atoms with Crippen LogP contribution in [0.25, 0.3) is 0 Å². The molecule has 0 radical (unpaired) electrons. The van der Waals surface area contributed by atoms with Crippen molar-refractivity contribution in [2.24, 2.45) is 0 Å². The summed E-state index contributed by atoms with van der Waals surface area (Å²) in [6.07, 6.45) is 0. The summed E-state index contributed by atoms with van der Waals surface area (Å²) in [6, 6.07) is 7.09. The molecule has 4 nitrogen and oxygen atoms in total. The summed E-state index contributed by atoms with van der Waals surface area (Å²) in [6.45, 7) is 2.58. The van der Waals surface area contributed by atoms with Crippen LogP contribution in [0.15, 0.2) is 24.3 Å². The molecular formula is C9H14N2O2. The largest absolute Gasteiger partial charge is 0.508 e. The van der Waals surface area contributed by atoms with Crippen molar-refractivity contribution in [3.8, 4) is 5.75 Å². The minimum Gasteiger partial charge on any atom is -0.508 e. The number of phenolic OH excluding ortho intramolecular Hbond substituents is 1. The van der Waals surface area contributed by atoms with E-state index in [1.807, 2.05) is 19.1 Å². The van der Waals surface area contributed by atoms with Crippen LogP contribution in [0.4, 0.5) is 0 Å². The smallest absolute Gasteiger partial charge is 0.239 e. The van der Waals surface area contributed by atoms with Crippen molar-refractivity contribution >= 4 is 5.91 Å². The van der Waals surface area contributed by atoms with Gasteiger partial charge in [-0.3, -0.25) is 4.79 Å². The maximum atomic E-state index is 9.44. The fourth-order valence-electron chi connectivity index (χ4n) is 0.581. The maximum absolute atomic E-state index is 9.44. The number of hydrogen-bond acceptors (Lipinski definition) is 3. The Morgan fingerprint density at radius 2 is 1.69 bits per heavy atom. The highest BCUT2D eigenvalue weighted by Crippen LogP contribution is 2.07. The number of phenols is 1. The topological polar surface area (TPSA) is 94.2 Å². The van der Waals surface area contributed by atoms with E-state index in [4.69, 9.17) is 5.11 Å². The predicted molar refractivity (Wildman–Crippen MR) is 50.9 cm³/mol. The third-order valence-corrected chi connectivity index (χ3v) is 1.36. The van der Waals surface area contributed by atoms with E-state index in [9.17, 15) is 4.79 Å². The first-order valence-electron chi connectivity index (χ1n) is 3.71. The van der Waals surface area contributed by atoms with E-state index in [1.54, 1.807) is 12.1 Å². The summed E-state index contributed by atoms with van der Waals surface area (Å²) in [7, 11) is 0. The van der Waals surface area contributed by atoms with Crippen molar-refractivity contribution in [3.63, 3.8) is 0 Å². The number of nitrogens with one attached hydrogen (secondary N) is 1. The van der Waals surface area contributed by atoms with Crippen molar-refractivity contribution in [3.05, 3.63) is 29.8 Å². The molecule has 72 valence electrons. The molecule has 0 spiro atoms. The molecule has 4 heteroatoms. The lowest BCUT2D eigenvalue weighted by atomic mass is 10.2. The van der Waals surface area contributed by atoms with E-state index in [0.717, 1.165) is 0 Å². The van der Waals surface area contributed by atoms with Gasteiger partial charge in [-0.2, -0.15) is 0 Å². The maximum Gasteiger partial charge on any atom is 0.239 e. The Morgan fingerprint density at radius 1 is 1.31 bits per heavy atom. The molecule has 13 heavy (non-hydrogen) atoms. The van der Waals surface area contributed by atoms with E-state index in [2.05, 4.69) is 5.32 Å². The number of hydrogen-bond donors (Lipinski definition) is 3. The minimum absolute atomic E-state index is 0. The molecule has 0 bridgehead atoms. The molecule has 0 atom stereocenters. The Morgan fingerprint density at radius 3 is 1.92 bits per heavy atom. The Labute approximate surface area is 77.2 Å². The Bertz CT molecular complexity index is 242. The average Bonchev–Trinajstić information content (AvgIpc) is 2.80. The van der Waals surface area contributed by atoms with Gasteiger partial charge in [0.15, 0.2) is 0 Å². The molecular weight excluding hydrogens is 168 g/mol. The molecule has 5 N–H and O–H groups in total. The zero-order valence-corrected chi connectivity index (χ0v) is 7.58. The van der Waals surface area contributed by atoms with Gasteiger partial charge in [0.05, 0.1) is 6.54 Å². The number of aryl methyl sites for hydroxylation is 1. The molecule has 1 heterocycles. The highest BCUT2D eigenvalue weighted by atomic mass is 16.3. The molecule has 0 aliphatic carbocycles. The van der Waals surface area contributed by atoms with Crippen LogP contribution in [0, 0.1) is 6.92 Å². The van der Waals surface area contributed by atoms with Crippen LogP contribution in [-0.2, 0) is 4.79 Å². The fraction of sp³-hybridized carbons (Fsp3) is 0.222. The number of rotatable bonds is 0. The van der Waals surface area contributed by atoms with Crippen molar-refractivity contribution in [1.29, 1.82) is 0 Å². The highest BCUT2D eigenvalue weighted by molar-refractivity contribution is 5.91. The number of aromatic hydroxyl groups is 1. The molecule has 0 aromatic heterocycles. The highest BCUT2D eigenvalue weighted by Gasteiger charge is 2.10. The lowest BCUT2D eigenvalue weighted by Crippen LogP contribution is -1.66. The lowest BCUT2D eigenvalue weighted by molar-refractivity contribution is -0.110. The van der Waals surface area contributed by atoms with Crippen LogP contribution in [0.3, 0.4) is 0 Å². The number of carbonyl (C=O) groups is 1. The first kappa shape index (κ1) is 11.4. The molecule has 0 unspecified atom stereocenters. The van der Waals surface area contributed by atoms with Gasteiger partial charge in [0.25, 0.3) is 0 Å². The molecule has 1 aromatic rings. The molecule has 0 saturated carbocycles. The number of benzene rings is 1. The van der Waals surface area contributed by atoms with Gasteiger partial charge in [-0.25, -0.2) is 0 Å². The third kappa shape index (κ3) is 5.69. The van der Waals surface area contributed by atoms with Crippen molar-refractivity contribution < 1.29 is 9.90 Å². The Balaban J connectivity index is 0.000000245. The monoisotopic (exact) mass is 182 g/mol. The zero-order valence-electron chi connectivity index (χ0n) is 7.58. The summed E-state index contributed by atoms with van der Waals surface area (Å²) in [5.41, 5.74) is 1.17. The summed E-state index contributed by atoms with van der Waals surface area (Å²) in [4.78, 5) is 9.44. The molecule has 1 aromatic carbocycles. The molecule has 1 saturated heterocycles. The van der Waals surface area contributed by atoms with Gasteiger partial charge in [0, 0.05) is 0 Å². The van der Waals surface area contributed by atoms with Crippen LogP contribution in [0.5, 0.6) is 5.75 Å². The average molecular weight is 182 g/mol. The number of carbonyl (C=O) groups excluding carboxylic acids is 1. The van der Waals surface area contributed by atoms with Crippen LogP contribution in [-0.4, -0.2) is 17.6 Å². The van der Waals surface area contributed by atoms with Crippen LogP contribution >= 0.6 is 0 Å². The Hall–Kier alpha value is -1.55. The second-order valence-corrected chi connectivity index (χ2v) is 2.61.